The molecule has 1 saturated heterocycles. The lowest BCUT2D eigenvalue weighted by Gasteiger charge is -2.28. The van der Waals surface area contributed by atoms with Crippen molar-refractivity contribution >= 4 is 5.65 Å². The maximum atomic E-state index is 4.77. The molecular formula is C14H19N3. The van der Waals surface area contributed by atoms with Gasteiger partial charge in [0.05, 0.1) is 5.69 Å². The molecule has 0 aliphatic carbocycles. The van der Waals surface area contributed by atoms with E-state index >= 15 is 0 Å². The third-order valence-electron chi connectivity index (χ3n) is 3.76. The van der Waals surface area contributed by atoms with Gasteiger partial charge < -0.3 is 9.30 Å². The van der Waals surface area contributed by atoms with E-state index in [9.17, 15) is 0 Å². The minimum Gasteiger partial charge on any atom is -0.306 e. The number of aromatic nitrogens is 2. The number of likely N-dealkylation sites (tertiary alicyclic amines) is 1. The van der Waals surface area contributed by atoms with E-state index in [0.717, 1.165) is 12.2 Å². The van der Waals surface area contributed by atoms with E-state index < -0.39 is 0 Å². The highest BCUT2D eigenvalue weighted by atomic mass is 15.1. The van der Waals surface area contributed by atoms with Crippen LogP contribution < -0.4 is 0 Å². The van der Waals surface area contributed by atoms with E-state index in [1.54, 1.807) is 0 Å². The quantitative estimate of drug-likeness (QED) is 0.748. The first-order chi connectivity index (χ1) is 8.24. The lowest BCUT2D eigenvalue weighted by molar-refractivity contribution is 0.249. The van der Waals surface area contributed by atoms with E-state index in [1.807, 2.05) is 0 Å². The Kier molecular flexibility index (Phi) is 2.63. The van der Waals surface area contributed by atoms with Crippen LogP contribution >= 0.6 is 0 Å². The summed E-state index contributed by atoms with van der Waals surface area (Å²) in [6, 6.07) is 6.29. The fraction of sp³-hybridized carbons (Fsp3) is 0.500. The standard InChI is InChI=1S/C14H19N3/c1-11-5-3-7-14-15-13(10-17(11)14)12-6-4-8-16(2)9-12/h3,5,7,10,12H,4,6,8-9H2,1-2H3. The zero-order valence-electron chi connectivity index (χ0n) is 10.6. The van der Waals surface area contributed by atoms with Crippen molar-refractivity contribution < 1.29 is 0 Å². The minimum atomic E-state index is 0.605. The summed E-state index contributed by atoms with van der Waals surface area (Å²) in [5.41, 5.74) is 3.59. The van der Waals surface area contributed by atoms with Crippen LogP contribution in [0.5, 0.6) is 0 Å². The highest BCUT2D eigenvalue weighted by Gasteiger charge is 2.21. The van der Waals surface area contributed by atoms with Crippen molar-refractivity contribution in [2.75, 3.05) is 20.1 Å². The lowest BCUT2D eigenvalue weighted by atomic mass is 9.96. The number of pyridine rings is 1. The van der Waals surface area contributed by atoms with Gasteiger partial charge in [-0.1, -0.05) is 6.07 Å². The van der Waals surface area contributed by atoms with Gasteiger partial charge >= 0.3 is 0 Å². The van der Waals surface area contributed by atoms with Crippen LogP contribution in [0, 0.1) is 6.92 Å². The van der Waals surface area contributed by atoms with Crippen LogP contribution in [-0.2, 0) is 0 Å². The molecule has 0 amide bonds. The maximum Gasteiger partial charge on any atom is 0.137 e. The Bertz CT molecular complexity index is 529. The molecule has 1 aliphatic heterocycles. The number of hydrogen-bond donors (Lipinski definition) is 0. The minimum absolute atomic E-state index is 0.605. The van der Waals surface area contributed by atoms with Gasteiger partial charge in [-0.2, -0.15) is 0 Å². The Balaban J connectivity index is 1.97. The Morgan fingerprint density at radius 1 is 1.35 bits per heavy atom. The Morgan fingerprint density at radius 3 is 3.00 bits per heavy atom. The van der Waals surface area contributed by atoms with E-state index in [1.165, 1.54) is 30.8 Å². The van der Waals surface area contributed by atoms with Gasteiger partial charge in [0, 0.05) is 24.4 Å². The summed E-state index contributed by atoms with van der Waals surface area (Å²) in [6.45, 7) is 4.50. The van der Waals surface area contributed by atoms with Gasteiger partial charge in [0.1, 0.15) is 5.65 Å². The maximum absolute atomic E-state index is 4.77. The number of nitrogens with zero attached hydrogens (tertiary/aromatic N) is 3. The molecule has 0 bridgehead atoms. The predicted molar refractivity (Wildman–Crippen MR) is 69.4 cm³/mol. The van der Waals surface area contributed by atoms with Gasteiger partial charge in [0.2, 0.25) is 0 Å². The molecule has 2 aromatic heterocycles. The summed E-state index contributed by atoms with van der Waals surface area (Å²) in [7, 11) is 2.20. The van der Waals surface area contributed by atoms with Crippen LogP contribution in [0.25, 0.3) is 5.65 Å². The van der Waals surface area contributed by atoms with Crippen molar-refractivity contribution in [1.82, 2.24) is 14.3 Å². The molecule has 3 heterocycles. The molecule has 0 saturated carbocycles. The highest BCUT2D eigenvalue weighted by molar-refractivity contribution is 5.42. The van der Waals surface area contributed by atoms with Gasteiger partial charge in [0.15, 0.2) is 0 Å². The number of piperidine rings is 1. The molecule has 2 aromatic rings. The Morgan fingerprint density at radius 2 is 2.24 bits per heavy atom. The fourth-order valence-electron chi connectivity index (χ4n) is 2.77. The molecule has 17 heavy (non-hydrogen) atoms. The summed E-state index contributed by atoms with van der Waals surface area (Å²) >= 11 is 0. The van der Waals surface area contributed by atoms with E-state index in [0.29, 0.717) is 5.92 Å². The average molecular weight is 229 g/mol. The monoisotopic (exact) mass is 229 g/mol. The molecule has 0 aromatic carbocycles. The third kappa shape index (κ3) is 1.95. The number of fused-ring (bicyclic) bond motifs is 1. The normalized spacial score (nSPS) is 22.1. The molecule has 1 aliphatic rings. The summed E-state index contributed by atoms with van der Waals surface area (Å²) in [5, 5.41) is 0. The first-order valence-electron chi connectivity index (χ1n) is 6.37. The van der Waals surface area contributed by atoms with Crippen molar-refractivity contribution in [2.24, 2.45) is 0 Å². The van der Waals surface area contributed by atoms with E-state index in [2.05, 4.69) is 47.7 Å². The Labute approximate surface area is 102 Å². The zero-order valence-corrected chi connectivity index (χ0v) is 10.6. The number of aryl methyl sites for hydroxylation is 1. The van der Waals surface area contributed by atoms with Crippen LogP contribution in [-0.4, -0.2) is 34.4 Å². The molecule has 1 unspecified atom stereocenters. The molecule has 1 fully saturated rings. The first-order valence-corrected chi connectivity index (χ1v) is 6.37. The van der Waals surface area contributed by atoms with Crippen LogP contribution in [0.2, 0.25) is 0 Å². The summed E-state index contributed by atoms with van der Waals surface area (Å²) < 4.78 is 2.20. The third-order valence-corrected chi connectivity index (χ3v) is 3.76. The lowest BCUT2D eigenvalue weighted by Crippen LogP contribution is -2.30. The van der Waals surface area contributed by atoms with Gasteiger partial charge in [-0.15, -0.1) is 0 Å². The summed E-state index contributed by atoms with van der Waals surface area (Å²) in [4.78, 5) is 7.18. The molecule has 0 spiro atoms. The molecule has 3 heteroatoms. The van der Waals surface area contributed by atoms with Crippen LogP contribution in [0.3, 0.4) is 0 Å². The highest BCUT2D eigenvalue weighted by Crippen LogP contribution is 2.26. The Hall–Kier alpha value is -1.35. The number of likely N-dealkylation sites (N-methyl/N-ethyl adjacent to an activating group) is 1. The summed E-state index contributed by atoms with van der Waals surface area (Å²) in [6.07, 6.45) is 4.77. The second-order valence-corrected chi connectivity index (χ2v) is 5.16. The smallest absolute Gasteiger partial charge is 0.137 e. The number of hydrogen-bond acceptors (Lipinski definition) is 2. The van der Waals surface area contributed by atoms with Crippen LogP contribution in [0.4, 0.5) is 0 Å². The van der Waals surface area contributed by atoms with Gasteiger partial charge in [-0.25, -0.2) is 4.98 Å². The number of imidazole rings is 1. The summed E-state index contributed by atoms with van der Waals surface area (Å²) in [5.74, 6) is 0.605. The first kappa shape index (κ1) is 10.8. The molecule has 3 nitrogen and oxygen atoms in total. The largest absolute Gasteiger partial charge is 0.306 e. The van der Waals surface area contributed by atoms with Crippen molar-refractivity contribution in [2.45, 2.75) is 25.7 Å². The van der Waals surface area contributed by atoms with Crippen molar-refractivity contribution in [3.63, 3.8) is 0 Å². The molecule has 0 radical (unpaired) electrons. The van der Waals surface area contributed by atoms with E-state index in [-0.39, 0.29) is 0 Å². The molecule has 1 atom stereocenters. The van der Waals surface area contributed by atoms with Crippen LogP contribution in [0.15, 0.2) is 24.4 Å². The number of rotatable bonds is 1. The fourth-order valence-corrected chi connectivity index (χ4v) is 2.77. The SMILES string of the molecule is Cc1cccc2nc(C3CCCN(C)C3)cn12. The molecule has 0 N–H and O–H groups in total. The van der Waals surface area contributed by atoms with Crippen molar-refractivity contribution in [3.05, 3.63) is 35.8 Å². The van der Waals surface area contributed by atoms with Crippen LogP contribution in [0.1, 0.15) is 30.1 Å². The molecular weight excluding hydrogens is 210 g/mol. The second-order valence-electron chi connectivity index (χ2n) is 5.16. The van der Waals surface area contributed by atoms with Gasteiger partial charge in [-0.3, -0.25) is 0 Å². The second kappa shape index (κ2) is 4.15. The average Bonchev–Trinajstić information content (AvgIpc) is 2.74. The van der Waals surface area contributed by atoms with E-state index in [4.69, 9.17) is 4.98 Å². The van der Waals surface area contributed by atoms with Gasteiger partial charge in [0.25, 0.3) is 0 Å². The van der Waals surface area contributed by atoms with Crippen molar-refractivity contribution in [3.8, 4) is 0 Å². The molecule has 3 rings (SSSR count). The molecule has 90 valence electrons. The predicted octanol–water partition coefficient (Wildman–Crippen LogP) is 2.45. The topological polar surface area (TPSA) is 20.5 Å². The van der Waals surface area contributed by atoms with Gasteiger partial charge in [-0.05, 0) is 45.5 Å². The zero-order chi connectivity index (χ0) is 11.8. The van der Waals surface area contributed by atoms with Crippen molar-refractivity contribution in [1.29, 1.82) is 0 Å².